The summed E-state index contributed by atoms with van der Waals surface area (Å²) in [4.78, 5) is 0. The Hall–Kier alpha value is -1.08. The first-order valence-electron chi connectivity index (χ1n) is 4.13. The molecule has 0 unspecified atom stereocenters. The van der Waals surface area contributed by atoms with Crippen LogP contribution in [0.2, 0.25) is 0 Å². The zero-order chi connectivity index (χ0) is 11.3. The summed E-state index contributed by atoms with van der Waals surface area (Å²) in [6.07, 6.45) is 4.51. The summed E-state index contributed by atoms with van der Waals surface area (Å²) in [7, 11) is -7.42. The van der Waals surface area contributed by atoms with Crippen LogP contribution >= 0.6 is 0 Å². The lowest BCUT2D eigenvalue weighted by atomic mass is 10.2. The van der Waals surface area contributed by atoms with Gasteiger partial charge in [-0.1, -0.05) is 0 Å². The molecular weight excluding hydrogens is 238 g/mol. The molecule has 0 bridgehead atoms. The Balaban J connectivity index is 2.68. The Morgan fingerprint density at radius 3 is 2.60 bits per heavy atom. The zero-order valence-electron chi connectivity index (χ0n) is 7.91. The molecule has 5 nitrogen and oxygen atoms in total. The molecule has 2 aliphatic rings. The number of hydrogen-bond acceptors (Lipinski definition) is 4. The van der Waals surface area contributed by atoms with Crippen molar-refractivity contribution in [3.8, 4) is 0 Å². The van der Waals surface area contributed by atoms with Gasteiger partial charge in [-0.2, -0.15) is 0 Å². The number of allylic oxidation sites excluding steroid dienone is 3. The van der Waals surface area contributed by atoms with Crippen molar-refractivity contribution in [2.45, 2.75) is 6.92 Å². The number of sulfonamides is 1. The van der Waals surface area contributed by atoms with Gasteiger partial charge in [-0.3, -0.25) is 0 Å². The molecule has 15 heavy (non-hydrogen) atoms. The van der Waals surface area contributed by atoms with Crippen molar-refractivity contribution in [2.24, 2.45) is 0 Å². The first-order chi connectivity index (χ1) is 6.80. The molecule has 0 fully saturated rings. The largest absolute Gasteiger partial charge is 0.253 e. The van der Waals surface area contributed by atoms with E-state index in [2.05, 4.69) is 0 Å². The second kappa shape index (κ2) is 2.96. The van der Waals surface area contributed by atoms with Crippen LogP contribution in [-0.4, -0.2) is 26.2 Å². The van der Waals surface area contributed by atoms with Crippen LogP contribution in [0.3, 0.4) is 0 Å². The molecular formula is C8H9NO4S2. The van der Waals surface area contributed by atoms with Crippen molar-refractivity contribution in [3.63, 3.8) is 0 Å². The smallest absolute Gasteiger partial charge is 0.244 e. The molecule has 0 aliphatic carbocycles. The second-order valence-corrected chi connectivity index (χ2v) is 7.50. The minimum absolute atomic E-state index is 0.182. The number of hydrogen-bond donors (Lipinski definition) is 0. The Bertz CT molecular complexity index is 593. The summed E-state index contributed by atoms with van der Waals surface area (Å²) < 4.78 is 46.7. The van der Waals surface area contributed by atoms with Gasteiger partial charge in [0.25, 0.3) is 10.0 Å². The summed E-state index contributed by atoms with van der Waals surface area (Å²) in [5, 5.41) is 0.127. The molecule has 0 saturated heterocycles. The highest BCUT2D eigenvalue weighted by molar-refractivity contribution is 8.09. The molecule has 2 aliphatic heterocycles. The van der Waals surface area contributed by atoms with E-state index >= 15 is 0 Å². The molecule has 0 aromatic heterocycles. The minimum Gasteiger partial charge on any atom is -0.244 e. The van der Waals surface area contributed by atoms with Gasteiger partial charge in [0.15, 0.2) is 14.9 Å². The third kappa shape index (κ3) is 1.84. The molecule has 2 rings (SSSR count). The van der Waals surface area contributed by atoms with E-state index in [-0.39, 0.29) is 5.70 Å². The number of sulfone groups is 1. The van der Waals surface area contributed by atoms with Crippen molar-refractivity contribution in [2.75, 3.05) is 5.08 Å². The van der Waals surface area contributed by atoms with E-state index < -0.39 is 24.9 Å². The van der Waals surface area contributed by atoms with Crippen LogP contribution in [0.15, 0.2) is 35.0 Å². The fourth-order valence-electron chi connectivity index (χ4n) is 1.44. The van der Waals surface area contributed by atoms with Crippen molar-refractivity contribution < 1.29 is 16.8 Å². The zero-order valence-corrected chi connectivity index (χ0v) is 9.55. The van der Waals surface area contributed by atoms with Crippen LogP contribution in [0.5, 0.6) is 0 Å². The maximum Gasteiger partial charge on any atom is 0.253 e. The maximum atomic E-state index is 11.6. The van der Waals surface area contributed by atoms with Gasteiger partial charge < -0.3 is 0 Å². The van der Waals surface area contributed by atoms with Crippen LogP contribution < -0.4 is 0 Å². The van der Waals surface area contributed by atoms with Gasteiger partial charge in [-0.25, -0.2) is 21.1 Å². The topological polar surface area (TPSA) is 71.5 Å². The van der Waals surface area contributed by atoms with Gasteiger partial charge in [-0.15, -0.1) is 0 Å². The van der Waals surface area contributed by atoms with Gasteiger partial charge in [0, 0.05) is 6.20 Å². The van der Waals surface area contributed by atoms with E-state index in [1.54, 1.807) is 13.0 Å². The van der Waals surface area contributed by atoms with Crippen molar-refractivity contribution in [1.82, 2.24) is 4.31 Å². The number of nitrogens with zero attached hydrogens (tertiary/aromatic N) is 1. The van der Waals surface area contributed by atoms with Gasteiger partial charge in [0.1, 0.15) is 0 Å². The monoisotopic (exact) mass is 247 g/mol. The van der Waals surface area contributed by atoms with Crippen molar-refractivity contribution in [1.29, 1.82) is 0 Å². The molecule has 7 heteroatoms. The number of rotatable bonds is 0. The van der Waals surface area contributed by atoms with E-state index in [9.17, 15) is 16.8 Å². The molecule has 0 radical (unpaired) electrons. The van der Waals surface area contributed by atoms with Gasteiger partial charge in [0.05, 0.1) is 11.1 Å². The lowest BCUT2D eigenvalue weighted by Crippen LogP contribution is -2.35. The van der Waals surface area contributed by atoms with E-state index in [1.165, 1.54) is 12.3 Å². The predicted molar refractivity (Wildman–Crippen MR) is 55.5 cm³/mol. The Kier molecular flexibility index (Phi) is 2.06. The third-order valence-corrected chi connectivity index (χ3v) is 6.05. The highest BCUT2D eigenvalue weighted by Gasteiger charge is 2.34. The van der Waals surface area contributed by atoms with Crippen LogP contribution in [0.4, 0.5) is 0 Å². The van der Waals surface area contributed by atoms with Crippen LogP contribution in [0, 0.1) is 0 Å². The van der Waals surface area contributed by atoms with E-state index in [1.807, 2.05) is 0 Å². The van der Waals surface area contributed by atoms with Gasteiger partial charge in [-0.05, 0) is 24.6 Å². The Labute approximate surface area is 88.4 Å². The molecule has 0 spiro atoms. The summed E-state index contributed by atoms with van der Waals surface area (Å²) in [5.41, 5.74) is 0.992. The Morgan fingerprint density at radius 2 is 1.93 bits per heavy atom. The average molecular weight is 247 g/mol. The fourth-order valence-corrected chi connectivity index (χ4v) is 5.11. The minimum atomic E-state index is -3.77. The van der Waals surface area contributed by atoms with Crippen LogP contribution in [0.1, 0.15) is 6.92 Å². The van der Waals surface area contributed by atoms with Crippen molar-refractivity contribution in [3.05, 3.63) is 35.0 Å². The predicted octanol–water partition coefficient (Wildman–Crippen LogP) is 0.319. The normalized spacial score (nSPS) is 26.6. The summed E-state index contributed by atoms with van der Waals surface area (Å²) >= 11 is 0. The Morgan fingerprint density at radius 1 is 1.27 bits per heavy atom. The van der Waals surface area contributed by atoms with Crippen LogP contribution in [-0.2, 0) is 19.9 Å². The molecule has 0 N–H and O–H groups in total. The van der Waals surface area contributed by atoms with Crippen molar-refractivity contribution >= 4 is 19.9 Å². The second-order valence-electron chi connectivity index (χ2n) is 3.44. The van der Waals surface area contributed by atoms with Crippen LogP contribution in [0.25, 0.3) is 0 Å². The van der Waals surface area contributed by atoms with E-state index in [0.29, 0.717) is 0 Å². The van der Waals surface area contributed by atoms with E-state index in [0.717, 1.165) is 15.3 Å². The summed E-state index contributed by atoms with van der Waals surface area (Å²) in [6.45, 7) is 1.77. The first-order valence-corrected chi connectivity index (χ1v) is 7.46. The summed E-state index contributed by atoms with van der Waals surface area (Å²) in [6, 6.07) is 0. The SMILES string of the molecule is CC1=CC2=CS(=O)(=O)CS(=O)(=O)N2C=C1. The summed E-state index contributed by atoms with van der Waals surface area (Å²) in [5.74, 6) is 0. The highest BCUT2D eigenvalue weighted by Crippen LogP contribution is 2.27. The third-order valence-electron chi connectivity index (χ3n) is 2.02. The van der Waals surface area contributed by atoms with Gasteiger partial charge in [0.2, 0.25) is 0 Å². The van der Waals surface area contributed by atoms with E-state index in [4.69, 9.17) is 0 Å². The number of fused-ring (bicyclic) bond motifs is 1. The standard InChI is InChI=1S/C8H9NO4S2/c1-7-2-3-9-8(4-7)5-14(10,11)6-15(9,12)13/h2-5H,6H2,1H3. The molecule has 0 aromatic rings. The molecule has 0 aromatic carbocycles. The lowest BCUT2D eigenvalue weighted by Gasteiger charge is -2.27. The molecule has 2 heterocycles. The first kappa shape index (κ1) is 10.4. The lowest BCUT2D eigenvalue weighted by molar-refractivity contribution is 0.543. The fraction of sp³-hybridized carbons (Fsp3) is 0.250. The maximum absolute atomic E-state index is 11.6. The molecule has 0 amide bonds. The highest BCUT2D eigenvalue weighted by atomic mass is 32.3. The molecule has 0 atom stereocenters. The van der Waals surface area contributed by atoms with Gasteiger partial charge >= 0.3 is 0 Å². The molecule has 82 valence electrons. The quantitative estimate of drug-likeness (QED) is 0.618. The molecule has 0 saturated carbocycles. The average Bonchev–Trinajstić information content (AvgIpc) is 1.97.